The van der Waals surface area contributed by atoms with Crippen LogP contribution in [0.2, 0.25) is 0 Å². The fraction of sp³-hybridized carbons (Fsp3) is 0.750. The number of rotatable bonds is 13. The highest BCUT2D eigenvalue weighted by Gasteiger charge is 2.20. The third-order valence-electron chi connectivity index (χ3n) is 4.52. The first-order valence-electron chi connectivity index (χ1n) is 9.72. The van der Waals surface area contributed by atoms with Crippen LogP contribution in [0.25, 0.3) is 0 Å². The van der Waals surface area contributed by atoms with E-state index < -0.39 is 0 Å². The molecule has 6 nitrogen and oxygen atoms in total. The lowest BCUT2D eigenvalue weighted by Crippen LogP contribution is -2.49. The smallest absolute Gasteiger partial charge is 0.191 e. The molecule has 0 aromatic heterocycles. The Morgan fingerprint density at radius 1 is 1.30 bits per heavy atom. The summed E-state index contributed by atoms with van der Waals surface area (Å²) >= 11 is 0. The Labute approximate surface area is 182 Å². The van der Waals surface area contributed by atoms with Crippen LogP contribution in [0.3, 0.4) is 0 Å². The van der Waals surface area contributed by atoms with Crippen LogP contribution in [0.15, 0.2) is 30.3 Å². The number of guanidine groups is 1. The summed E-state index contributed by atoms with van der Waals surface area (Å²) in [5.41, 5.74) is 0. The van der Waals surface area contributed by atoms with Gasteiger partial charge in [0.25, 0.3) is 0 Å². The minimum atomic E-state index is 0. The highest BCUT2D eigenvalue weighted by Crippen LogP contribution is 2.10. The Morgan fingerprint density at radius 3 is 2.52 bits per heavy atom. The normalized spacial score (nSPS) is 18.3. The number of hydrogen-bond donors (Lipinski definition) is 2. The van der Waals surface area contributed by atoms with E-state index in [2.05, 4.69) is 47.5 Å². The molecular weight excluding hydrogens is 455 g/mol. The quantitative estimate of drug-likeness (QED) is 0.136. The van der Waals surface area contributed by atoms with Gasteiger partial charge in [-0.2, -0.15) is 0 Å². The van der Waals surface area contributed by atoms with Crippen LogP contribution in [0.4, 0.5) is 0 Å². The topological polar surface area (TPSA) is 58.1 Å². The number of nitrogens with one attached hydrogen (secondary N) is 2. The van der Waals surface area contributed by atoms with Gasteiger partial charge in [-0.25, -0.2) is 0 Å². The van der Waals surface area contributed by atoms with Crippen molar-refractivity contribution in [2.75, 3.05) is 53.0 Å². The number of aliphatic imine (C=N–C) groups is 1. The summed E-state index contributed by atoms with van der Waals surface area (Å²) in [6.07, 6.45) is 6.13. The lowest BCUT2D eigenvalue weighted by molar-refractivity contribution is 0.0420. The average Bonchev–Trinajstić information content (AvgIpc) is 3.13. The molecular formula is C20H39IN4O2. The first kappa shape index (κ1) is 26.4. The van der Waals surface area contributed by atoms with E-state index in [4.69, 9.17) is 9.47 Å². The minimum absolute atomic E-state index is 0. The zero-order valence-electron chi connectivity index (χ0n) is 17.3. The highest BCUT2D eigenvalue weighted by atomic mass is 127. The van der Waals surface area contributed by atoms with Crippen molar-refractivity contribution in [1.29, 1.82) is 0 Å². The van der Waals surface area contributed by atoms with Crippen molar-refractivity contribution in [3.8, 4) is 0 Å². The maximum absolute atomic E-state index is 5.78. The molecule has 2 N–H and O–H groups in total. The molecule has 0 saturated carbocycles. The summed E-state index contributed by atoms with van der Waals surface area (Å²) in [6.45, 7) is 17.9. The SMILES string of the molecule is C=CCN(CC=C)C(CNC(=NC)NCCCOC1CCOC1)C(C)C.I. The Kier molecular flexibility index (Phi) is 15.9. The van der Waals surface area contributed by atoms with Gasteiger partial charge in [-0.05, 0) is 18.8 Å². The number of ether oxygens (including phenoxy) is 2. The second kappa shape index (κ2) is 16.3. The van der Waals surface area contributed by atoms with E-state index in [0.29, 0.717) is 12.0 Å². The summed E-state index contributed by atoms with van der Waals surface area (Å²) in [6, 6.07) is 0.384. The molecule has 0 aromatic carbocycles. The van der Waals surface area contributed by atoms with E-state index in [1.807, 2.05) is 12.2 Å². The third kappa shape index (κ3) is 11.1. The third-order valence-corrected chi connectivity index (χ3v) is 4.52. The fourth-order valence-corrected chi connectivity index (χ4v) is 3.06. The summed E-state index contributed by atoms with van der Waals surface area (Å²) < 4.78 is 11.1. The Balaban J connectivity index is 0.00000676. The van der Waals surface area contributed by atoms with E-state index in [-0.39, 0.29) is 30.1 Å². The van der Waals surface area contributed by atoms with E-state index in [1.165, 1.54) is 0 Å². The lowest BCUT2D eigenvalue weighted by atomic mass is 10.0. The monoisotopic (exact) mass is 494 g/mol. The highest BCUT2D eigenvalue weighted by molar-refractivity contribution is 14.0. The number of halogens is 1. The second-order valence-electron chi connectivity index (χ2n) is 6.93. The van der Waals surface area contributed by atoms with Crippen LogP contribution in [-0.4, -0.2) is 76.1 Å². The van der Waals surface area contributed by atoms with Gasteiger partial charge in [0.1, 0.15) is 0 Å². The van der Waals surface area contributed by atoms with Crippen molar-refractivity contribution in [2.45, 2.75) is 38.8 Å². The molecule has 1 aliphatic heterocycles. The molecule has 1 rings (SSSR count). The molecule has 0 spiro atoms. The van der Waals surface area contributed by atoms with Crippen molar-refractivity contribution in [3.05, 3.63) is 25.3 Å². The van der Waals surface area contributed by atoms with E-state index in [1.54, 1.807) is 7.05 Å². The van der Waals surface area contributed by atoms with Gasteiger partial charge in [0.15, 0.2) is 5.96 Å². The van der Waals surface area contributed by atoms with Gasteiger partial charge in [-0.1, -0.05) is 26.0 Å². The summed E-state index contributed by atoms with van der Waals surface area (Å²) in [7, 11) is 1.80. The molecule has 0 radical (unpaired) electrons. The molecule has 1 saturated heterocycles. The van der Waals surface area contributed by atoms with Crippen molar-refractivity contribution < 1.29 is 9.47 Å². The van der Waals surface area contributed by atoms with E-state index in [9.17, 15) is 0 Å². The predicted octanol–water partition coefficient (Wildman–Crippen LogP) is 2.66. The molecule has 158 valence electrons. The van der Waals surface area contributed by atoms with Gasteiger partial charge < -0.3 is 20.1 Å². The Hall–Kier alpha value is -0.640. The molecule has 27 heavy (non-hydrogen) atoms. The second-order valence-corrected chi connectivity index (χ2v) is 6.93. The molecule has 0 amide bonds. The van der Waals surface area contributed by atoms with Crippen LogP contribution in [0.1, 0.15) is 26.7 Å². The zero-order valence-corrected chi connectivity index (χ0v) is 19.6. The average molecular weight is 494 g/mol. The first-order valence-corrected chi connectivity index (χ1v) is 9.72. The largest absolute Gasteiger partial charge is 0.379 e. The molecule has 1 fully saturated rings. The summed E-state index contributed by atoms with van der Waals surface area (Å²) in [5, 5.41) is 6.81. The van der Waals surface area contributed by atoms with Gasteiger partial charge in [-0.15, -0.1) is 37.1 Å². The lowest BCUT2D eigenvalue weighted by Gasteiger charge is -2.33. The first-order chi connectivity index (χ1) is 12.6. The molecule has 2 unspecified atom stereocenters. The standard InChI is InChI=1S/C20H38N4O2.HI/c1-6-11-24(12-7-2)19(17(3)4)15-23-20(21-5)22-10-8-13-26-18-9-14-25-16-18;/h6-7,17-19H,1-2,8-16H2,3-5H3,(H2,21,22,23);1H. The predicted molar refractivity (Wildman–Crippen MR) is 125 cm³/mol. The molecule has 0 aliphatic carbocycles. The molecule has 1 aliphatic rings. The Bertz CT molecular complexity index is 416. The van der Waals surface area contributed by atoms with Crippen molar-refractivity contribution in [1.82, 2.24) is 15.5 Å². The van der Waals surface area contributed by atoms with Crippen LogP contribution in [0.5, 0.6) is 0 Å². The van der Waals surface area contributed by atoms with Crippen molar-refractivity contribution in [2.24, 2.45) is 10.9 Å². The van der Waals surface area contributed by atoms with Crippen molar-refractivity contribution >= 4 is 29.9 Å². The van der Waals surface area contributed by atoms with Gasteiger partial charge >= 0.3 is 0 Å². The van der Waals surface area contributed by atoms with Crippen LogP contribution in [0, 0.1) is 5.92 Å². The molecule has 0 bridgehead atoms. The van der Waals surface area contributed by atoms with Gasteiger partial charge in [0.2, 0.25) is 0 Å². The number of nitrogens with zero attached hydrogens (tertiary/aromatic N) is 2. The maximum atomic E-state index is 5.78. The molecule has 2 atom stereocenters. The van der Waals surface area contributed by atoms with Crippen LogP contribution < -0.4 is 10.6 Å². The Morgan fingerprint density at radius 2 is 2.00 bits per heavy atom. The van der Waals surface area contributed by atoms with Gasteiger partial charge in [0.05, 0.1) is 12.7 Å². The van der Waals surface area contributed by atoms with E-state index in [0.717, 1.165) is 64.8 Å². The summed E-state index contributed by atoms with van der Waals surface area (Å²) in [5.74, 6) is 1.35. The van der Waals surface area contributed by atoms with Crippen LogP contribution >= 0.6 is 24.0 Å². The minimum Gasteiger partial charge on any atom is -0.379 e. The molecule has 7 heteroatoms. The van der Waals surface area contributed by atoms with Gasteiger partial charge in [0, 0.05) is 52.5 Å². The van der Waals surface area contributed by atoms with Gasteiger partial charge in [-0.3, -0.25) is 9.89 Å². The molecule has 1 heterocycles. The number of hydrogen-bond acceptors (Lipinski definition) is 4. The van der Waals surface area contributed by atoms with E-state index >= 15 is 0 Å². The van der Waals surface area contributed by atoms with Crippen molar-refractivity contribution in [3.63, 3.8) is 0 Å². The molecule has 0 aromatic rings. The van der Waals surface area contributed by atoms with Crippen LogP contribution in [-0.2, 0) is 9.47 Å². The maximum Gasteiger partial charge on any atom is 0.191 e. The summed E-state index contributed by atoms with van der Waals surface area (Å²) in [4.78, 5) is 6.70. The zero-order chi connectivity index (χ0) is 19.2. The fourth-order valence-electron chi connectivity index (χ4n) is 3.06.